The van der Waals surface area contributed by atoms with E-state index in [-0.39, 0.29) is 16.4 Å². The van der Waals surface area contributed by atoms with E-state index < -0.39 is 5.97 Å². The van der Waals surface area contributed by atoms with E-state index in [0.29, 0.717) is 0 Å². The van der Waals surface area contributed by atoms with Crippen molar-refractivity contribution in [2.45, 2.75) is 58.3 Å². The molecule has 1 aliphatic carbocycles. The zero-order valence-electron chi connectivity index (χ0n) is 20.6. The summed E-state index contributed by atoms with van der Waals surface area (Å²) in [5, 5.41) is 9.28. The highest BCUT2D eigenvalue weighted by Gasteiger charge is 2.39. The summed E-state index contributed by atoms with van der Waals surface area (Å²) in [4.78, 5) is 23.0. The van der Waals surface area contributed by atoms with Crippen molar-refractivity contribution in [3.05, 3.63) is 100 Å². The number of allylic oxidation sites excluding steroid dienone is 1. The molecule has 3 aromatic carbocycles. The van der Waals surface area contributed by atoms with Crippen LogP contribution in [-0.2, 0) is 15.6 Å². The summed E-state index contributed by atoms with van der Waals surface area (Å²) in [6.45, 7) is 11.3. The molecule has 3 aromatic rings. The number of aldehydes is 1. The van der Waals surface area contributed by atoms with Gasteiger partial charge in [-0.25, -0.2) is 4.79 Å². The third-order valence-corrected chi connectivity index (χ3v) is 7.27. The van der Waals surface area contributed by atoms with Gasteiger partial charge in [0.2, 0.25) is 0 Å². The van der Waals surface area contributed by atoms with Crippen LogP contribution in [0.5, 0.6) is 0 Å². The maximum atomic E-state index is 11.7. The van der Waals surface area contributed by atoms with Crippen molar-refractivity contribution >= 4 is 17.8 Å². The van der Waals surface area contributed by atoms with Crippen LogP contribution < -0.4 is 0 Å². The Morgan fingerprint density at radius 3 is 2.00 bits per heavy atom. The summed E-state index contributed by atoms with van der Waals surface area (Å²) in [6, 6.07) is 19.8. The molecule has 0 fully saturated rings. The second kappa shape index (κ2) is 8.72. The Bertz CT molecular complexity index is 1270. The third kappa shape index (κ3) is 4.35. The first-order chi connectivity index (χ1) is 16.0. The number of benzene rings is 3. The highest BCUT2D eigenvalue weighted by atomic mass is 16.4. The lowest BCUT2D eigenvalue weighted by Gasteiger charge is -2.43. The first kappa shape index (κ1) is 23.7. The number of carboxylic acids is 1. The first-order valence-electron chi connectivity index (χ1n) is 11.8. The lowest BCUT2D eigenvalue weighted by Crippen LogP contribution is -2.34. The van der Waals surface area contributed by atoms with Crippen LogP contribution in [0.1, 0.15) is 78.7 Å². The Morgan fingerprint density at radius 2 is 1.41 bits per heavy atom. The van der Waals surface area contributed by atoms with Gasteiger partial charge in [-0.3, -0.25) is 4.79 Å². The van der Waals surface area contributed by atoms with Gasteiger partial charge >= 0.3 is 5.97 Å². The highest BCUT2D eigenvalue weighted by molar-refractivity contribution is 5.93. The molecule has 0 unspecified atom stereocenters. The third-order valence-electron chi connectivity index (χ3n) is 7.27. The van der Waals surface area contributed by atoms with Crippen molar-refractivity contribution in [3.8, 4) is 11.1 Å². The van der Waals surface area contributed by atoms with E-state index in [0.717, 1.165) is 35.8 Å². The van der Waals surface area contributed by atoms with Gasteiger partial charge in [-0.1, -0.05) is 75.7 Å². The predicted octanol–water partition coefficient (Wildman–Crippen LogP) is 7.34. The maximum absolute atomic E-state index is 11.7. The number of rotatable bonds is 5. The van der Waals surface area contributed by atoms with Crippen LogP contribution in [0.15, 0.2) is 66.7 Å². The van der Waals surface area contributed by atoms with Crippen LogP contribution in [0.4, 0.5) is 0 Å². The van der Waals surface area contributed by atoms with E-state index in [1.165, 1.54) is 27.8 Å². The second-order valence-corrected chi connectivity index (χ2v) is 10.7. The Hall–Kier alpha value is -3.46. The molecule has 1 aliphatic rings. The fraction of sp³-hybridized carbons (Fsp3) is 0.290. The molecule has 34 heavy (non-hydrogen) atoms. The molecule has 0 aromatic heterocycles. The van der Waals surface area contributed by atoms with Gasteiger partial charge in [-0.15, -0.1) is 0 Å². The standard InChI is InChI=1S/C31H32O3/c1-20-6-8-22(9-7-20)26-18-24(19-27-28(26)31(4,5)16-15-30(27,2)3)25(14-17-32)21-10-12-23(13-11-21)29(33)34/h6-14,17-19H,15-16H2,1-5H3,(H,33,34). The van der Waals surface area contributed by atoms with Crippen molar-refractivity contribution in [1.82, 2.24) is 0 Å². The number of carboxylic acid groups (broad SMARTS) is 1. The van der Waals surface area contributed by atoms with Gasteiger partial charge in [-0.05, 0) is 93.8 Å². The Balaban J connectivity index is 2.00. The van der Waals surface area contributed by atoms with Crippen molar-refractivity contribution in [2.75, 3.05) is 0 Å². The number of carbonyl (C=O) groups is 2. The number of hydrogen-bond donors (Lipinski definition) is 1. The lowest BCUT2D eigenvalue weighted by molar-refractivity contribution is -0.104. The van der Waals surface area contributed by atoms with Gasteiger partial charge in [0.1, 0.15) is 6.29 Å². The maximum Gasteiger partial charge on any atom is 0.335 e. The summed E-state index contributed by atoms with van der Waals surface area (Å²) in [6.07, 6.45) is 4.58. The highest BCUT2D eigenvalue weighted by Crippen LogP contribution is 2.50. The van der Waals surface area contributed by atoms with Crippen LogP contribution in [-0.4, -0.2) is 17.4 Å². The van der Waals surface area contributed by atoms with Crippen molar-refractivity contribution in [1.29, 1.82) is 0 Å². The number of carbonyl (C=O) groups excluding carboxylic acids is 1. The molecule has 0 amide bonds. The summed E-state index contributed by atoms with van der Waals surface area (Å²) < 4.78 is 0. The first-order valence-corrected chi connectivity index (χ1v) is 11.8. The van der Waals surface area contributed by atoms with E-state index in [4.69, 9.17) is 0 Å². The average molecular weight is 453 g/mol. The Morgan fingerprint density at radius 1 is 0.824 bits per heavy atom. The summed E-state index contributed by atoms with van der Waals surface area (Å²) in [7, 11) is 0. The molecule has 4 rings (SSSR count). The molecule has 3 heteroatoms. The number of hydrogen-bond acceptors (Lipinski definition) is 2. The monoisotopic (exact) mass is 452 g/mol. The topological polar surface area (TPSA) is 54.4 Å². The van der Waals surface area contributed by atoms with E-state index >= 15 is 0 Å². The normalized spacial score (nSPS) is 16.6. The molecule has 0 saturated carbocycles. The zero-order chi connectivity index (χ0) is 24.7. The Labute approximate surface area is 202 Å². The minimum Gasteiger partial charge on any atom is -0.478 e. The fourth-order valence-corrected chi connectivity index (χ4v) is 5.13. The van der Waals surface area contributed by atoms with Crippen molar-refractivity contribution in [3.63, 3.8) is 0 Å². The zero-order valence-corrected chi connectivity index (χ0v) is 20.6. The minimum atomic E-state index is -0.966. The molecule has 0 aliphatic heterocycles. The van der Waals surface area contributed by atoms with E-state index in [1.54, 1.807) is 30.3 Å². The molecule has 0 heterocycles. The smallest absolute Gasteiger partial charge is 0.335 e. The van der Waals surface area contributed by atoms with Crippen LogP contribution in [0, 0.1) is 6.92 Å². The molecular weight excluding hydrogens is 420 g/mol. The van der Waals surface area contributed by atoms with Crippen molar-refractivity contribution < 1.29 is 14.7 Å². The van der Waals surface area contributed by atoms with E-state index in [2.05, 4.69) is 71.0 Å². The largest absolute Gasteiger partial charge is 0.478 e. The molecule has 3 nitrogen and oxygen atoms in total. The summed E-state index contributed by atoms with van der Waals surface area (Å²) in [5.41, 5.74) is 9.11. The lowest BCUT2D eigenvalue weighted by atomic mass is 9.61. The molecule has 0 radical (unpaired) electrons. The van der Waals surface area contributed by atoms with Gasteiger partial charge < -0.3 is 5.11 Å². The van der Waals surface area contributed by atoms with E-state index in [1.807, 2.05) is 0 Å². The number of fused-ring (bicyclic) bond motifs is 1. The van der Waals surface area contributed by atoms with Gasteiger partial charge in [-0.2, -0.15) is 0 Å². The Kier molecular flexibility index (Phi) is 6.07. The van der Waals surface area contributed by atoms with Crippen LogP contribution in [0.25, 0.3) is 16.7 Å². The molecular formula is C31H32O3. The number of aryl methyl sites for hydroxylation is 1. The quantitative estimate of drug-likeness (QED) is 0.325. The predicted molar refractivity (Wildman–Crippen MR) is 138 cm³/mol. The summed E-state index contributed by atoms with van der Waals surface area (Å²) in [5.74, 6) is -0.966. The van der Waals surface area contributed by atoms with E-state index in [9.17, 15) is 14.7 Å². The van der Waals surface area contributed by atoms with Gasteiger partial charge in [0, 0.05) is 0 Å². The average Bonchev–Trinajstić information content (AvgIpc) is 2.80. The minimum absolute atomic E-state index is 0.000234. The number of aromatic carboxylic acids is 1. The van der Waals surface area contributed by atoms with Crippen LogP contribution >= 0.6 is 0 Å². The van der Waals surface area contributed by atoms with Gasteiger partial charge in [0.15, 0.2) is 0 Å². The molecule has 174 valence electrons. The van der Waals surface area contributed by atoms with Crippen LogP contribution in [0.2, 0.25) is 0 Å². The summed E-state index contributed by atoms with van der Waals surface area (Å²) >= 11 is 0. The van der Waals surface area contributed by atoms with Gasteiger partial charge in [0.05, 0.1) is 5.56 Å². The van der Waals surface area contributed by atoms with Crippen molar-refractivity contribution in [2.24, 2.45) is 0 Å². The van der Waals surface area contributed by atoms with Gasteiger partial charge in [0.25, 0.3) is 0 Å². The van der Waals surface area contributed by atoms with Crippen LogP contribution in [0.3, 0.4) is 0 Å². The fourth-order valence-electron chi connectivity index (χ4n) is 5.13. The molecule has 0 spiro atoms. The molecule has 0 saturated heterocycles. The molecule has 0 atom stereocenters. The molecule has 0 bridgehead atoms. The SMILES string of the molecule is Cc1ccc(-c2cc(C(=CC=O)c3ccc(C(=O)O)cc3)cc3c2C(C)(C)CCC3(C)C)cc1. The molecule has 1 N–H and O–H groups in total. The second-order valence-electron chi connectivity index (χ2n) is 10.7.